The van der Waals surface area contributed by atoms with Gasteiger partial charge in [-0.1, -0.05) is 19.3 Å². The normalized spacial score (nSPS) is 19.9. The second kappa shape index (κ2) is 5.48. The minimum absolute atomic E-state index is 0.207. The van der Waals surface area contributed by atoms with Crippen LogP contribution < -0.4 is 5.73 Å². The van der Waals surface area contributed by atoms with Gasteiger partial charge in [0.2, 0.25) is 0 Å². The van der Waals surface area contributed by atoms with Crippen molar-refractivity contribution >= 4 is 0 Å². The van der Waals surface area contributed by atoms with Crippen molar-refractivity contribution in [3.05, 3.63) is 18.2 Å². The Balaban J connectivity index is 1.86. The fourth-order valence-corrected chi connectivity index (χ4v) is 2.61. The number of hydrogen-bond acceptors (Lipinski definition) is 2. The van der Waals surface area contributed by atoms with Gasteiger partial charge in [-0.25, -0.2) is 4.98 Å². The third-order valence-electron chi connectivity index (χ3n) is 3.41. The first kappa shape index (κ1) is 11.6. The van der Waals surface area contributed by atoms with Gasteiger partial charge in [0.05, 0.1) is 12.0 Å². The van der Waals surface area contributed by atoms with Gasteiger partial charge in [0.25, 0.3) is 0 Å². The van der Waals surface area contributed by atoms with Crippen molar-refractivity contribution in [2.75, 3.05) is 0 Å². The molecule has 0 aromatic carbocycles. The smallest absolute Gasteiger partial charge is 0.0949 e. The lowest BCUT2D eigenvalue weighted by Crippen LogP contribution is -2.18. The number of nitrogens with two attached hydrogens (primary N) is 1. The molecule has 3 heteroatoms. The molecule has 0 radical (unpaired) electrons. The first-order valence-electron chi connectivity index (χ1n) is 6.50. The van der Waals surface area contributed by atoms with Crippen LogP contribution in [0, 0.1) is 5.92 Å². The maximum atomic E-state index is 5.77. The molecule has 1 saturated carbocycles. The second-order valence-corrected chi connectivity index (χ2v) is 5.25. The van der Waals surface area contributed by atoms with E-state index in [1.165, 1.54) is 32.1 Å². The van der Waals surface area contributed by atoms with Gasteiger partial charge < -0.3 is 10.3 Å². The SMILES string of the molecule is CC(N)Cc1cn(CC2CCCCC2)cn1. The lowest BCUT2D eigenvalue weighted by atomic mass is 9.89. The summed E-state index contributed by atoms with van der Waals surface area (Å²) in [7, 11) is 0. The van der Waals surface area contributed by atoms with Gasteiger partial charge in [-0.3, -0.25) is 0 Å². The monoisotopic (exact) mass is 221 g/mol. The molecular weight excluding hydrogens is 198 g/mol. The zero-order valence-electron chi connectivity index (χ0n) is 10.2. The Labute approximate surface area is 98.1 Å². The lowest BCUT2D eigenvalue weighted by molar-refractivity contribution is 0.319. The molecule has 90 valence electrons. The average Bonchev–Trinajstić information content (AvgIpc) is 2.66. The molecule has 1 unspecified atom stereocenters. The summed E-state index contributed by atoms with van der Waals surface area (Å²) in [5.41, 5.74) is 6.90. The minimum atomic E-state index is 0.207. The van der Waals surface area contributed by atoms with Crippen molar-refractivity contribution in [1.82, 2.24) is 9.55 Å². The first-order chi connectivity index (χ1) is 7.74. The Bertz CT molecular complexity index is 311. The summed E-state index contributed by atoms with van der Waals surface area (Å²) in [6.45, 7) is 3.17. The molecule has 1 aliphatic carbocycles. The van der Waals surface area contributed by atoms with E-state index in [4.69, 9.17) is 5.73 Å². The topological polar surface area (TPSA) is 43.8 Å². The van der Waals surface area contributed by atoms with E-state index < -0.39 is 0 Å². The Hall–Kier alpha value is -0.830. The van der Waals surface area contributed by atoms with Crippen molar-refractivity contribution in [2.45, 2.75) is 58.0 Å². The molecule has 2 rings (SSSR count). The molecule has 0 aliphatic heterocycles. The Morgan fingerprint density at radius 3 is 2.88 bits per heavy atom. The van der Waals surface area contributed by atoms with Crippen LogP contribution in [-0.4, -0.2) is 15.6 Å². The standard InChI is InChI=1S/C13H23N3/c1-11(14)7-13-9-16(10-15-13)8-12-5-3-2-4-6-12/h9-12H,2-8,14H2,1H3. The molecule has 0 spiro atoms. The highest BCUT2D eigenvalue weighted by atomic mass is 15.0. The molecule has 16 heavy (non-hydrogen) atoms. The van der Waals surface area contributed by atoms with Crippen molar-refractivity contribution < 1.29 is 0 Å². The van der Waals surface area contributed by atoms with Gasteiger partial charge in [-0.05, 0) is 25.7 Å². The van der Waals surface area contributed by atoms with E-state index in [1.807, 2.05) is 13.3 Å². The molecular formula is C13H23N3. The highest BCUT2D eigenvalue weighted by Gasteiger charge is 2.14. The summed E-state index contributed by atoms with van der Waals surface area (Å²) in [5.74, 6) is 0.867. The van der Waals surface area contributed by atoms with E-state index in [0.29, 0.717) is 0 Å². The molecule has 1 aromatic heterocycles. The molecule has 0 saturated heterocycles. The van der Waals surface area contributed by atoms with Crippen molar-refractivity contribution in [3.8, 4) is 0 Å². The number of rotatable bonds is 4. The van der Waals surface area contributed by atoms with E-state index in [2.05, 4.69) is 15.7 Å². The number of aromatic nitrogens is 2. The van der Waals surface area contributed by atoms with Crippen LogP contribution >= 0.6 is 0 Å². The summed E-state index contributed by atoms with van der Waals surface area (Å²) in [4.78, 5) is 4.40. The quantitative estimate of drug-likeness (QED) is 0.848. The van der Waals surface area contributed by atoms with Crippen LogP contribution in [0.4, 0.5) is 0 Å². The molecule has 1 aromatic rings. The highest BCUT2D eigenvalue weighted by Crippen LogP contribution is 2.24. The number of imidazole rings is 1. The van der Waals surface area contributed by atoms with Gasteiger partial charge in [-0.15, -0.1) is 0 Å². The summed E-state index contributed by atoms with van der Waals surface area (Å²) in [6, 6.07) is 0.207. The van der Waals surface area contributed by atoms with E-state index in [1.54, 1.807) is 0 Å². The molecule has 1 fully saturated rings. The fourth-order valence-electron chi connectivity index (χ4n) is 2.61. The first-order valence-corrected chi connectivity index (χ1v) is 6.50. The van der Waals surface area contributed by atoms with Crippen LogP contribution in [0.3, 0.4) is 0 Å². The molecule has 3 nitrogen and oxygen atoms in total. The Kier molecular flexibility index (Phi) is 3.99. The molecule has 1 heterocycles. The third-order valence-corrected chi connectivity index (χ3v) is 3.41. The van der Waals surface area contributed by atoms with Crippen LogP contribution in [0.2, 0.25) is 0 Å². The summed E-state index contributed by atoms with van der Waals surface area (Å²) < 4.78 is 2.24. The molecule has 0 bridgehead atoms. The number of nitrogens with zero attached hydrogens (tertiary/aromatic N) is 2. The zero-order valence-corrected chi connectivity index (χ0v) is 10.2. The third kappa shape index (κ3) is 3.34. The molecule has 1 atom stereocenters. The molecule has 1 aliphatic rings. The lowest BCUT2D eigenvalue weighted by Gasteiger charge is -2.21. The minimum Gasteiger partial charge on any atom is -0.337 e. The van der Waals surface area contributed by atoms with E-state index in [0.717, 1.165) is 24.6 Å². The zero-order chi connectivity index (χ0) is 11.4. The van der Waals surface area contributed by atoms with Gasteiger partial charge in [0.15, 0.2) is 0 Å². The number of hydrogen-bond donors (Lipinski definition) is 1. The summed E-state index contributed by atoms with van der Waals surface area (Å²) in [6.07, 6.45) is 12.0. The van der Waals surface area contributed by atoms with Crippen LogP contribution in [0.15, 0.2) is 12.5 Å². The Morgan fingerprint density at radius 2 is 2.19 bits per heavy atom. The molecule has 0 amide bonds. The second-order valence-electron chi connectivity index (χ2n) is 5.25. The van der Waals surface area contributed by atoms with Crippen molar-refractivity contribution in [2.24, 2.45) is 11.7 Å². The van der Waals surface area contributed by atoms with Crippen LogP contribution in [0.5, 0.6) is 0 Å². The van der Waals surface area contributed by atoms with Gasteiger partial charge in [0.1, 0.15) is 0 Å². The summed E-state index contributed by atoms with van der Waals surface area (Å²) in [5, 5.41) is 0. The highest BCUT2D eigenvalue weighted by molar-refractivity contribution is 4.98. The van der Waals surface area contributed by atoms with Crippen LogP contribution in [0.1, 0.15) is 44.7 Å². The van der Waals surface area contributed by atoms with Gasteiger partial charge in [0, 0.05) is 25.2 Å². The van der Waals surface area contributed by atoms with Crippen molar-refractivity contribution in [1.29, 1.82) is 0 Å². The van der Waals surface area contributed by atoms with E-state index in [9.17, 15) is 0 Å². The average molecular weight is 221 g/mol. The van der Waals surface area contributed by atoms with Gasteiger partial charge >= 0.3 is 0 Å². The predicted octanol–water partition coefficient (Wildman–Crippen LogP) is 2.35. The maximum absolute atomic E-state index is 5.77. The molecule has 2 N–H and O–H groups in total. The Morgan fingerprint density at radius 1 is 1.44 bits per heavy atom. The van der Waals surface area contributed by atoms with E-state index in [-0.39, 0.29) is 6.04 Å². The van der Waals surface area contributed by atoms with Gasteiger partial charge in [-0.2, -0.15) is 0 Å². The van der Waals surface area contributed by atoms with E-state index >= 15 is 0 Å². The fraction of sp³-hybridized carbons (Fsp3) is 0.769. The predicted molar refractivity (Wildman–Crippen MR) is 66.2 cm³/mol. The summed E-state index contributed by atoms with van der Waals surface area (Å²) >= 11 is 0. The maximum Gasteiger partial charge on any atom is 0.0949 e. The van der Waals surface area contributed by atoms with Crippen LogP contribution in [0.25, 0.3) is 0 Å². The largest absolute Gasteiger partial charge is 0.337 e. The van der Waals surface area contributed by atoms with Crippen LogP contribution in [-0.2, 0) is 13.0 Å². The van der Waals surface area contributed by atoms with Crippen molar-refractivity contribution in [3.63, 3.8) is 0 Å².